The lowest BCUT2D eigenvalue weighted by molar-refractivity contribution is 0.00740. The molecule has 0 aliphatic heterocycles. The standard InChI is InChI=1S/C24H29N7/c1-15-11-26-24(28-21-4-2-3-16(10-21)12-31-14-25-13-27-31)30-23(15)29-22-19-6-17-5-18(8-19)9-20(22)7-17/h2-4,10-11,13-14,17-20,22H,5-9,12H2,1H3,(H2,26,28,29,30). The summed E-state index contributed by atoms with van der Waals surface area (Å²) in [6, 6.07) is 8.84. The highest BCUT2D eigenvalue weighted by molar-refractivity contribution is 5.57. The Kier molecular flexibility index (Phi) is 4.62. The number of rotatable bonds is 6. The van der Waals surface area contributed by atoms with Crippen molar-refractivity contribution in [2.45, 2.75) is 51.6 Å². The van der Waals surface area contributed by atoms with Crippen molar-refractivity contribution in [3.63, 3.8) is 0 Å². The zero-order valence-corrected chi connectivity index (χ0v) is 17.9. The fourth-order valence-electron chi connectivity index (χ4n) is 6.35. The maximum Gasteiger partial charge on any atom is 0.229 e. The highest BCUT2D eigenvalue weighted by Crippen LogP contribution is 2.54. The Bertz CT molecular complexity index is 1030. The second-order valence-electron chi connectivity index (χ2n) is 9.74. The van der Waals surface area contributed by atoms with Gasteiger partial charge in [-0.1, -0.05) is 12.1 Å². The number of benzene rings is 1. The molecule has 4 saturated carbocycles. The van der Waals surface area contributed by atoms with Crippen LogP contribution in [0.15, 0.2) is 43.1 Å². The van der Waals surface area contributed by atoms with E-state index in [1.54, 1.807) is 12.7 Å². The fourth-order valence-corrected chi connectivity index (χ4v) is 6.35. The highest BCUT2D eigenvalue weighted by Gasteiger charge is 2.48. The molecule has 0 amide bonds. The molecule has 4 aliphatic carbocycles. The summed E-state index contributed by atoms with van der Waals surface area (Å²) in [6.07, 6.45) is 12.3. The van der Waals surface area contributed by atoms with Gasteiger partial charge in [0, 0.05) is 23.5 Å². The smallest absolute Gasteiger partial charge is 0.229 e. The molecule has 2 N–H and O–H groups in total. The molecule has 4 fully saturated rings. The molecule has 0 unspecified atom stereocenters. The Morgan fingerprint density at radius 2 is 1.87 bits per heavy atom. The first kappa shape index (κ1) is 18.8. The van der Waals surface area contributed by atoms with E-state index in [0.717, 1.165) is 46.3 Å². The predicted octanol–water partition coefficient (Wildman–Crippen LogP) is 4.41. The number of hydrogen-bond donors (Lipinski definition) is 2. The van der Waals surface area contributed by atoms with Crippen LogP contribution in [0.5, 0.6) is 0 Å². The summed E-state index contributed by atoms with van der Waals surface area (Å²) in [5.74, 6) is 5.21. The van der Waals surface area contributed by atoms with Crippen molar-refractivity contribution in [1.82, 2.24) is 24.7 Å². The Hall–Kier alpha value is -2.96. The number of hydrogen-bond acceptors (Lipinski definition) is 6. The van der Waals surface area contributed by atoms with E-state index in [-0.39, 0.29) is 0 Å². The van der Waals surface area contributed by atoms with Crippen molar-refractivity contribution in [2.24, 2.45) is 23.7 Å². The van der Waals surface area contributed by atoms with Gasteiger partial charge in [0.1, 0.15) is 18.5 Å². The molecule has 0 spiro atoms. The second-order valence-corrected chi connectivity index (χ2v) is 9.74. The highest BCUT2D eigenvalue weighted by atomic mass is 15.3. The summed E-state index contributed by atoms with van der Waals surface area (Å²) in [7, 11) is 0. The molecule has 0 radical (unpaired) electrons. The first-order valence-electron chi connectivity index (χ1n) is 11.5. The minimum atomic E-state index is 0.570. The van der Waals surface area contributed by atoms with E-state index < -0.39 is 0 Å². The average Bonchev–Trinajstić information content (AvgIpc) is 3.26. The maximum absolute atomic E-state index is 4.86. The fraction of sp³-hybridized carbons (Fsp3) is 0.500. The van der Waals surface area contributed by atoms with Gasteiger partial charge in [-0.05, 0) is 80.4 Å². The maximum atomic E-state index is 4.86. The van der Waals surface area contributed by atoms with Crippen molar-refractivity contribution in [2.75, 3.05) is 10.6 Å². The van der Waals surface area contributed by atoms with Crippen molar-refractivity contribution in [3.8, 4) is 0 Å². The van der Waals surface area contributed by atoms with Gasteiger partial charge in [0.15, 0.2) is 0 Å². The van der Waals surface area contributed by atoms with Gasteiger partial charge in [0.2, 0.25) is 5.95 Å². The summed E-state index contributed by atoms with van der Waals surface area (Å²) in [4.78, 5) is 13.4. The van der Waals surface area contributed by atoms with Crippen LogP contribution in [0, 0.1) is 30.6 Å². The van der Waals surface area contributed by atoms with E-state index in [0.29, 0.717) is 18.5 Å². The van der Waals surface area contributed by atoms with Crippen LogP contribution < -0.4 is 10.6 Å². The molecular formula is C24H29N7. The van der Waals surface area contributed by atoms with Crippen molar-refractivity contribution >= 4 is 17.5 Å². The first-order chi connectivity index (χ1) is 15.2. The molecule has 1 aromatic carbocycles. The van der Waals surface area contributed by atoms with Gasteiger partial charge in [-0.15, -0.1) is 0 Å². The SMILES string of the molecule is Cc1cnc(Nc2cccc(Cn3cncn3)c2)nc1NC1C2CC3CC(C2)CC1C3. The number of aryl methyl sites for hydroxylation is 1. The van der Waals surface area contributed by atoms with Crippen LogP contribution in [0.1, 0.15) is 43.2 Å². The lowest BCUT2D eigenvalue weighted by Crippen LogP contribution is -2.51. The molecule has 7 heteroatoms. The third-order valence-corrected chi connectivity index (χ3v) is 7.50. The first-order valence-corrected chi connectivity index (χ1v) is 11.5. The number of nitrogens with zero attached hydrogens (tertiary/aromatic N) is 5. The number of anilines is 3. The van der Waals surface area contributed by atoms with Crippen molar-refractivity contribution in [3.05, 3.63) is 54.2 Å². The van der Waals surface area contributed by atoms with Crippen LogP contribution in [0.4, 0.5) is 17.5 Å². The monoisotopic (exact) mass is 415 g/mol. The van der Waals surface area contributed by atoms with Crippen LogP contribution in [0.3, 0.4) is 0 Å². The van der Waals surface area contributed by atoms with Crippen LogP contribution in [0.2, 0.25) is 0 Å². The minimum Gasteiger partial charge on any atom is -0.366 e. The van der Waals surface area contributed by atoms with Crippen molar-refractivity contribution < 1.29 is 0 Å². The van der Waals surface area contributed by atoms with Gasteiger partial charge < -0.3 is 10.6 Å². The molecule has 7 rings (SSSR count). The lowest BCUT2D eigenvalue weighted by Gasteiger charge is -2.54. The van der Waals surface area contributed by atoms with E-state index in [1.807, 2.05) is 23.0 Å². The molecule has 31 heavy (non-hydrogen) atoms. The Morgan fingerprint density at radius 3 is 2.61 bits per heavy atom. The molecule has 4 bridgehead atoms. The Morgan fingerprint density at radius 1 is 1.06 bits per heavy atom. The largest absolute Gasteiger partial charge is 0.366 e. The zero-order valence-electron chi connectivity index (χ0n) is 17.9. The summed E-state index contributed by atoms with van der Waals surface area (Å²) in [6.45, 7) is 2.78. The van der Waals surface area contributed by atoms with Gasteiger partial charge in [-0.3, -0.25) is 0 Å². The van der Waals surface area contributed by atoms with E-state index in [4.69, 9.17) is 4.98 Å². The van der Waals surface area contributed by atoms with Crippen LogP contribution in [-0.4, -0.2) is 30.8 Å². The van der Waals surface area contributed by atoms with Gasteiger partial charge in [-0.2, -0.15) is 10.1 Å². The average molecular weight is 416 g/mol. The molecule has 3 aromatic rings. The van der Waals surface area contributed by atoms with Gasteiger partial charge >= 0.3 is 0 Å². The molecular weight excluding hydrogens is 386 g/mol. The third kappa shape index (κ3) is 3.77. The molecule has 0 saturated heterocycles. The lowest BCUT2D eigenvalue weighted by atomic mass is 9.54. The second kappa shape index (κ2) is 7.62. The summed E-state index contributed by atoms with van der Waals surface area (Å²) in [5, 5.41) is 11.4. The van der Waals surface area contributed by atoms with E-state index in [9.17, 15) is 0 Å². The Balaban J connectivity index is 1.18. The van der Waals surface area contributed by atoms with Gasteiger partial charge in [-0.25, -0.2) is 14.6 Å². The number of aromatic nitrogens is 5. The Labute approximate surface area is 182 Å². The quantitative estimate of drug-likeness (QED) is 0.621. The summed E-state index contributed by atoms with van der Waals surface area (Å²) < 4.78 is 1.81. The molecule has 2 aromatic heterocycles. The summed E-state index contributed by atoms with van der Waals surface area (Å²) >= 11 is 0. The van der Waals surface area contributed by atoms with Crippen LogP contribution >= 0.6 is 0 Å². The van der Waals surface area contributed by atoms with E-state index >= 15 is 0 Å². The number of nitrogens with one attached hydrogen (secondary N) is 2. The molecule has 2 heterocycles. The van der Waals surface area contributed by atoms with Gasteiger partial charge in [0.25, 0.3) is 0 Å². The topological polar surface area (TPSA) is 80.6 Å². The van der Waals surface area contributed by atoms with Gasteiger partial charge in [0.05, 0.1) is 6.54 Å². The van der Waals surface area contributed by atoms with E-state index in [2.05, 4.69) is 44.8 Å². The van der Waals surface area contributed by atoms with Crippen molar-refractivity contribution in [1.29, 1.82) is 0 Å². The van der Waals surface area contributed by atoms with E-state index in [1.165, 1.54) is 32.1 Å². The van der Waals surface area contributed by atoms with Crippen LogP contribution in [0.25, 0.3) is 0 Å². The summed E-state index contributed by atoms with van der Waals surface area (Å²) in [5.41, 5.74) is 3.23. The third-order valence-electron chi connectivity index (χ3n) is 7.50. The van der Waals surface area contributed by atoms with Crippen LogP contribution in [-0.2, 0) is 6.54 Å². The molecule has 160 valence electrons. The molecule has 7 nitrogen and oxygen atoms in total. The zero-order chi connectivity index (χ0) is 20.8. The molecule has 0 atom stereocenters. The minimum absolute atomic E-state index is 0.570. The predicted molar refractivity (Wildman–Crippen MR) is 120 cm³/mol. The molecule has 4 aliphatic rings. The normalized spacial score (nSPS) is 28.6.